The van der Waals surface area contributed by atoms with E-state index < -0.39 is 0 Å². The number of rotatable bonds is 6. The summed E-state index contributed by atoms with van der Waals surface area (Å²) in [6.45, 7) is 0.870. The second-order valence-electron chi connectivity index (χ2n) is 5.99. The molecule has 0 aliphatic heterocycles. The van der Waals surface area contributed by atoms with Crippen LogP contribution in [-0.4, -0.2) is 38.5 Å². The zero-order chi connectivity index (χ0) is 18.6. The van der Waals surface area contributed by atoms with E-state index in [-0.39, 0.29) is 0 Å². The number of H-pyrrole nitrogens is 1. The summed E-state index contributed by atoms with van der Waals surface area (Å²) in [4.78, 5) is 16.8. The van der Waals surface area contributed by atoms with E-state index in [1.807, 2.05) is 42.6 Å². The van der Waals surface area contributed by atoms with Crippen LogP contribution in [0, 0.1) is 0 Å². The molecule has 0 unspecified atom stereocenters. The monoisotopic (exact) mass is 395 g/mol. The number of aromatic amines is 1. The largest absolute Gasteiger partial charge is 0.369 e. The molecule has 7 heteroatoms. The van der Waals surface area contributed by atoms with Gasteiger partial charge in [0.15, 0.2) is 5.65 Å². The van der Waals surface area contributed by atoms with Crippen molar-refractivity contribution in [2.75, 3.05) is 23.9 Å². The van der Waals surface area contributed by atoms with Gasteiger partial charge in [0.1, 0.15) is 11.3 Å². The first-order valence-corrected chi connectivity index (χ1v) is 10.3. The van der Waals surface area contributed by atoms with Crippen LogP contribution >= 0.6 is 23.4 Å². The van der Waals surface area contributed by atoms with Gasteiger partial charge in [-0.1, -0.05) is 23.7 Å². The summed E-state index contributed by atoms with van der Waals surface area (Å²) >= 11 is 8.04. The number of nitrogens with one attached hydrogen (secondary N) is 2. The highest BCUT2D eigenvalue weighted by atomic mass is 35.5. The minimum Gasteiger partial charge on any atom is -0.369 e. The van der Waals surface area contributed by atoms with E-state index >= 15 is 0 Å². The number of benzene rings is 1. The summed E-state index contributed by atoms with van der Waals surface area (Å²) in [6, 6.07) is 11.8. The molecule has 1 aromatic carbocycles. The summed E-state index contributed by atoms with van der Waals surface area (Å²) in [5.74, 6) is 1.87. The molecule has 3 aromatic heterocycles. The van der Waals surface area contributed by atoms with Crippen molar-refractivity contribution in [3.63, 3.8) is 0 Å². The van der Waals surface area contributed by atoms with Crippen LogP contribution in [0.4, 0.5) is 5.82 Å². The van der Waals surface area contributed by atoms with Crippen molar-refractivity contribution in [3.8, 4) is 22.4 Å². The number of halogens is 1. The van der Waals surface area contributed by atoms with E-state index in [2.05, 4.69) is 31.5 Å². The molecule has 5 nitrogen and oxygen atoms in total. The maximum absolute atomic E-state index is 6.24. The molecule has 27 heavy (non-hydrogen) atoms. The van der Waals surface area contributed by atoms with Gasteiger partial charge in [-0.05, 0) is 36.1 Å². The quantitative estimate of drug-likeness (QED) is 0.444. The minimum absolute atomic E-state index is 0.686. The Morgan fingerprint density at radius 2 is 1.93 bits per heavy atom. The molecule has 4 aromatic rings. The molecule has 0 saturated heterocycles. The van der Waals surface area contributed by atoms with E-state index in [1.165, 1.54) is 0 Å². The van der Waals surface area contributed by atoms with Crippen LogP contribution in [0.15, 0.2) is 55.0 Å². The van der Waals surface area contributed by atoms with Crippen LogP contribution < -0.4 is 5.32 Å². The van der Waals surface area contributed by atoms with Crippen LogP contribution in [-0.2, 0) is 0 Å². The Labute approximate surface area is 166 Å². The fourth-order valence-corrected chi connectivity index (χ4v) is 3.51. The maximum atomic E-state index is 6.24. The molecule has 0 saturated carbocycles. The van der Waals surface area contributed by atoms with Crippen molar-refractivity contribution in [1.82, 2.24) is 19.9 Å². The van der Waals surface area contributed by atoms with Crippen LogP contribution in [0.25, 0.3) is 33.5 Å². The average molecular weight is 396 g/mol. The third-order valence-electron chi connectivity index (χ3n) is 4.20. The summed E-state index contributed by atoms with van der Waals surface area (Å²) in [7, 11) is 0. The lowest BCUT2D eigenvalue weighted by Gasteiger charge is -2.08. The van der Waals surface area contributed by atoms with Crippen LogP contribution in [0.1, 0.15) is 0 Å². The van der Waals surface area contributed by atoms with Crippen LogP contribution in [0.2, 0.25) is 5.02 Å². The van der Waals surface area contributed by atoms with Crippen molar-refractivity contribution in [1.29, 1.82) is 0 Å². The molecular weight excluding hydrogens is 378 g/mol. The Balaban J connectivity index is 1.85. The number of hydrogen-bond donors (Lipinski definition) is 2. The first-order chi connectivity index (χ1) is 13.3. The Morgan fingerprint density at radius 1 is 1.04 bits per heavy atom. The third-order valence-corrected chi connectivity index (χ3v) is 5.05. The molecule has 0 fully saturated rings. The minimum atomic E-state index is 0.686. The lowest BCUT2D eigenvalue weighted by atomic mass is 10.0. The molecule has 3 heterocycles. The third kappa shape index (κ3) is 3.77. The van der Waals surface area contributed by atoms with Crippen LogP contribution in [0.5, 0.6) is 0 Å². The second kappa shape index (κ2) is 7.98. The molecule has 0 atom stereocenters. The molecule has 0 aliphatic rings. The molecule has 2 N–H and O–H groups in total. The van der Waals surface area contributed by atoms with Crippen molar-refractivity contribution < 1.29 is 0 Å². The SMILES string of the molecule is CSCCNc1cc(-c2[nH]c3nccnc3c2-c2cccc(Cl)c2)ccn1. The van der Waals surface area contributed by atoms with Gasteiger partial charge in [-0.3, -0.25) is 4.98 Å². The topological polar surface area (TPSA) is 66.5 Å². The van der Waals surface area contributed by atoms with Gasteiger partial charge in [0.25, 0.3) is 0 Å². The molecule has 0 aliphatic carbocycles. The van der Waals surface area contributed by atoms with Crippen LogP contribution in [0.3, 0.4) is 0 Å². The smallest absolute Gasteiger partial charge is 0.157 e. The standard InChI is InChI=1S/C20H18ClN5S/c1-27-10-9-23-16-12-14(5-6-22-16)18-17(13-3-2-4-15(21)11-13)19-20(26-18)25-8-7-24-19/h2-8,11-12H,9-10H2,1H3,(H,22,23)(H,25,26). The van der Waals surface area contributed by atoms with Gasteiger partial charge >= 0.3 is 0 Å². The van der Waals surface area contributed by atoms with E-state index in [4.69, 9.17) is 11.6 Å². The highest BCUT2D eigenvalue weighted by molar-refractivity contribution is 7.98. The number of hydrogen-bond acceptors (Lipinski definition) is 5. The Bertz CT molecular complexity index is 1080. The van der Waals surface area contributed by atoms with Crippen molar-refractivity contribution in [2.24, 2.45) is 0 Å². The number of nitrogens with zero attached hydrogens (tertiary/aromatic N) is 3. The Hall–Kier alpha value is -2.57. The van der Waals surface area contributed by atoms with E-state index in [0.717, 1.165) is 51.7 Å². The predicted octanol–water partition coefficient (Wildman–Crippen LogP) is 5.12. The van der Waals surface area contributed by atoms with Gasteiger partial charge in [0, 0.05) is 47.0 Å². The number of fused-ring (bicyclic) bond motifs is 1. The lowest BCUT2D eigenvalue weighted by Crippen LogP contribution is -2.05. The molecule has 136 valence electrons. The Morgan fingerprint density at radius 3 is 2.78 bits per heavy atom. The highest BCUT2D eigenvalue weighted by Crippen LogP contribution is 2.37. The summed E-state index contributed by atoms with van der Waals surface area (Å²) in [5, 5.41) is 4.05. The fourth-order valence-electron chi connectivity index (χ4n) is 3.02. The molecule has 0 spiro atoms. The number of thioether (sulfide) groups is 1. The number of aromatic nitrogens is 4. The number of anilines is 1. The van der Waals surface area contributed by atoms with E-state index in [9.17, 15) is 0 Å². The normalized spacial score (nSPS) is 11.0. The zero-order valence-corrected chi connectivity index (χ0v) is 16.3. The zero-order valence-electron chi connectivity index (χ0n) is 14.7. The fraction of sp³-hybridized carbons (Fsp3) is 0.150. The Kier molecular flexibility index (Phi) is 5.27. The van der Waals surface area contributed by atoms with Crippen molar-refractivity contribution in [3.05, 3.63) is 60.0 Å². The van der Waals surface area contributed by atoms with Gasteiger partial charge in [-0.2, -0.15) is 11.8 Å². The molecular formula is C20H18ClN5S. The predicted molar refractivity (Wildman–Crippen MR) is 114 cm³/mol. The molecule has 4 rings (SSSR count). The van der Waals surface area contributed by atoms with Gasteiger partial charge in [0.2, 0.25) is 0 Å². The molecule has 0 radical (unpaired) electrons. The lowest BCUT2D eigenvalue weighted by molar-refractivity contribution is 1.17. The summed E-state index contributed by atoms with van der Waals surface area (Å²) in [6.07, 6.45) is 7.29. The number of pyridine rings is 1. The van der Waals surface area contributed by atoms with Gasteiger partial charge in [-0.25, -0.2) is 9.97 Å². The molecule has 0 bridgehead atoms. The first kappa shape index (κ1) is 17.8. The van der Waals surface area contributed by atoms with E-state index in [0.29, 0.717) is 5.02 Å². The maximum Gasteiger partial charge on any atom is 0.157 e. The summed E-state index contributed by atoms with van der Waals surface area (Å²) in [5.41, 5.74) is 5.53. The van der Waals surface area contributed by atoms with E-state index in [1.54, 1.807) is 24.2 Å². The van der Waals surface area contributed by atoms with Crippen molar-refractivity contribution >= 4 is 40.3 Å². The van der Waals surface area contributed by atoms with Gasteiger partial charge < -0.3 is 10.3 Å². The van der Waals surface area contributed by atoms with Gasteiger partial charge in [-0.15, -0.1) is 0 Å². The highest BCUT2D eigenvalue weighted by Gasteiger charge is 2.17. The summed E-state index contributed by atoms with van der Waals surface area (Å²) < 4.78 is 0. The van der Waals surface area contributed by atoms with Gasteiger partial charge in [0.05, 0.1) is 5.69 Å². The first-order valence-electron chi connectivity index (χ1n) is 8.54. The average Bonchev–Trinajstić information content (AvgIpc) is 3.08. The second-order valence-corrected chi connectivity index (χ2v) is 7.41. The molecule has 0 amide bonds. The van der Waals surface area contributed by atoms with Crippen molar-refractivity contribution in [2.45, 2.75) is 0 Å².